The molecule has 0 aliphatic carbocycles. The van der Waals surface area contributed by atoms with E-state index < -0.39 is 30.6 Å². The summed E-state index contributed by atoms with van der Waals surface area (Å²) in [5, 5.41) is 3.18. The van der Waals surface area contributed by atoms with E-state index in [0.717, 1.165) is 0 Å². The van der Waals surface area contributed by atoms with Gasteiger partial charge in [-0.2, -0.15) is 0 Å². The average Bonchev–Trinajstić information content (AvgIpc) is 2.68. The first-order valence-corrected chi connectivity index (χ1v) is 10.1. The van der Waals surface area contributed by atoms with Crippen LogP contribution in [0.2, 0.25) is 10.0 Å². The Morgan fingerprint density at radius 1 is 1.17 bits per heavy atom. The third-order valence-electron chi connectivity index (χ3n) is 4.37. The van der Waals surface area contributed by atoms with Gasteiger partial charge in [-0.05, 0) is 32.4 Å². The summed E-state index contributed by atoms with van der Waals surface area (Å²) in [6, 6.07) is 4.83. The van der Waals surface area contributed by atoms with Crippen LogP contribution in [0.5, 0.6) is 0 Å². The highest BCUT2D eigenvalue weighted by molar-refractivity contribution is 6.42. The number of allylic oxidation sites excluding steroid dienone is 2. The largest absolute Gasteiger partial charge is 0.460 e. The monoisotopic (exact) mass is 459 g/mol. The van der Waals surface area contributed by atoms with Crippen molar-refractivity contribution in [1.29, 1.82) is 0 Å². The Balaban J connectivity index is 2.67. The highest BCUT2D eigenvalue weighted by Gasteiger charge is 2.40. The first-order chi connectivity index (χ1) is 14.2. The number of ether oxygens (including phenoxy) is 3. The van der Waals surface area contributed by atoms with Crippen molar-refractivity contribution in [2.45, 2.75) is 32.8 Å². The molecule has 0 bridgehead atoms. The Kier molecular flexibility index (Phi) is 8.70. The Bertz CT molecular complexity index is 882. The summed E-state index contributed by atoms with van der Waals surface area (Å²) in [6.45, 7) is 4.17. The van der Waals surface area contributed by atoms with E-state index in [0.29, 0.717) is 11.3 Å². The van der Waals surface area contributed by atoms with Crippen molar-refractivity contribution in [3.63, 3.8) is 0 Å². The van der Waals surface area contributed by atoms with Gasteiger partial charge < -0.3 is 19.5 Å². The molecule has 2 rings (SSSR count). The van der Waals surface area contributed by atoms with Crippen molar-refractivity contribution in [2.75, 3.05) is 27.0 Å². The minimum absolute atomic E-state index is 0.00682. The van der Waals surface area contributed by atoms with E-state index in [1.807, 2.05) is 0 Å². The molecular formula is C21H24Cl2FNO5. The van der Waals surface area contributed by atoms with Crippen molar-refractivity contribution in [2.24, 2.45) is 0 Å². The summed E-state index contributed by atoms with van der Waals surface area (Å²) < 4.78 is 29.4. The molecule has 1 unspecified atom stereocenters. The van der Waals surface area contributed by atoms with Crippen LogP contribution in [0.25, 0.3) is 0 Å². The Labute approximate surface area is 185 Å². The maximum atomic E-state index is 13.9. The van der Waals surface area contributed by atoms with Crippen LogP contribution in [0.1, 0.15) is 32.3 Å². The number of hydrogen-bond acceptors (Lipinski definition) is 6. The lowest BCUT2D eigenvalue weighted by molar-refractivity contribution is -0.143. The maximum absolute atomic E-state index is 13.9. The standard InChI is InChI=1S/C21H24Cl2FNO5/c1-11(2)30-21(27)18-15(10-24)25-12(3)16(20(26)29-9-8-28-4)17(18)13-6-5-7-14(22)19(13)23/h5-7,11,17,25H,8-10H2,1-4H3. The second-order valence-corrected chi connectivity index (χ2v) is 7.63. The van der Waals surface area contributed by atoms with Gasteiger partial charge in [0, 0.05) is 12.8 Å². The van der Waals surface area contributed by atoms with E-state index in [1.54, 1.807) is 39.0 Å². The van der Waals surface area contributed by atoms with Gasteiger partial charge in [0.2, 0.25) is 0 Å². The van der Waals surface area contributed by atoms with Crippen LogP contribution in [0, 0.1) is 0 Å². The predicted octanol–water partition coefficient (Wildman–Crippen LogP) is 4.32. The second kappa shape index (κ2) is 10.8. The number of dihydropyridines is 1. The van der Waals surface area contributed by atoms with Crippen LogP contribution < -0.4 is 5.32 Å². The number of nitrogens with one attached hydrogen (secondary N) is 1. The molecule has 1 N–H and O–H groups in total. The SMILES string of the molecule is COCCOC(=O)C1=C(C)NC(CF)=C(C(=O)OC(C)C)C1c1cccc(Cl)c1Cl. The summed E-state index contributed by atoms with van der Waals surface area (Å²) in [5.74, 6) is -2.48. The molecule has 164 valence electrons. The van der Waals surface area contributed by atoms with Crippen LogP contribution in [-0.4, -0.2) is 45.0 Å². The fraction of sp³-hybridized carbons (Fsp3) is 0.429. The highest BCUT2D eigenvalue weighted by atomic mass is 35.5. The van der Waals surface area contributed by atoms with E-state index in [-0.39, 0.29) is 40.1 Å². The van der Waals surface area contributed by atoms with Crippen LogP contribution in [-0.2, 0) is 23.8 Å². The molecule has 0 spiro atoms. The van der Waals surface area contributed by atoms with Gasteiger partial charge in [-0.25, -0.2) is 14.0 Å². The summed E-state index contributed by atoms with van der Waals surface area (Å²) in [7, 11) is 1.48. The van der Waals surface area contributed by atoms with Crippen LogP contribution >= 0.6 is 23.2 Å². The zero-order valence-electron chi connectivity index (χ0n) is 17.2. The molecule has 1 aromatic carbocycles. The second-order valence-electron chi connectivity index (χ2n) is 6.85. The number of esters is 2. The summed E-state index contributed by atoms with van der Waals surface area (Å²) in [4.78, 5) is 25.9. The molecule has 30 heavy (non-hydrogen) atoms. The molecular weight excluding hydrogens is 436 g/mol. The van der Waals surface area contributed by atoms with E-state index in [4.69, 9.17) is 37.4 Å². The smallest absolute Gasteiger partial charge is 0.337 e. The van der Waals surface area contributed by atoms with Crippen molar-refractivity contribution >= 4 is 35.1 Å². The third kappa shape index (κ3) is 5.33. The first-order valence-electron chi connectivity index (χ1n) is 9.30. The molecule has 0 radical (unpaired) electrons. The summed E-state index contributed by atoms with van der Waals surface area (Å²) in [5.41, 5.74) is 0.757. The van der Waals surface area contributed by atoms with Crippen molar-refractivity contribution in [1.82, 2.24) is 5.32 Å². The fourth-order valence-corrected chi connectivity index (χ4v) is 3.56. The molecule has 0 fully saturated rings. The van der Waals surface area contributed by atoms with Crippen molar-refractivity contribution < 1.29 is 28.2 Å². The van der Waals surface area contributed by atoms with Crippen molar-refractivity contribution in [3.8, 4) is 0 Å². The Morgan fingerprint density at radius 2 is 1.87 bits per heavy atom. The molecule has 1 heterocycles. The molecule has 0 saturated heterocycles. The molecule has 0 saturated carbocycles. The van der Waals surface area contributed by atoms with Gasteiger partial charge in [-0.1, -0.05) is 35.3 Å². The normalized spacial score (nSPS) is 16.6. The average molecular weight is 460 g/mol. The van der Waals surface area contributed by atoms with Gasteiger partial charge in [0.05, 0.1) is 45.5 Å². The van der Waals surface area contributed by atoms with Crippen LogP contribution in [0.4, 0.5) is 4.39 Å². The summed E-state index contributed by atoms with van der Waals surface area (Å²) in [6.07, 6.45) is -0.453. The molecule has 0 amide bonds. The van der Waals surface area contributed by atoms with Gasteiger partial charge in [0.1, 0.15) is 13.3 Å². The fourth-order valence-electron chi connectivity index (χ4n) is 3.14. The van der Waals surface area contributed by atoms with Gasteiger partial charge >= 0.3 is 11.9 Å². The quantitative estimate of drug-likeness (QED) is 0.460. The molecule has 1 atom stereocenters. The number of carbonyl (C=O) groups excluding carboxylic acids is 2. The van der Waals surface area contributed by atoms with Gasteiger partial charge in [-0.15, -0.1) is 0 Å². The molecule has 6 nitrogen and oxygen atoms in total. The zero-order valence-corrected chi connectivity index (χ0v) is 18.7. The number of hydrogen-bond donors (Lipinski definition) is 1. The molecule has 1 aromatic rings. The number of benzene rings is 1. The zero-order chi connectivity index (χ0) is 22.4. The van der Waals surface area contributed by atoms with E-state index in [1.165, 1.54) is 7.11 Å². The third-order valence-corrected chi connectivity index (χ3v) is 5.21. The number of rotatable bonds is 8. The maximum Gasteiger partial charge on any atom is 0.337 e. The number of carbonyl (C=O) groups is 2. The van der Waals surface area contributed by atoms with E-state index >= 15 is 0 Å². The van der Waals surface area contributed by atoms with E-state index in [9.17, 15) is 14.0 Å². The Hall–Kier alpha value is -2.09. The predicted molar refractivity (Wildman–Crippen MR) is 112 cm³/mol. The van der Waals surface area contributed by atoms with E-state index in [2.05, 4.69) is 5.32 Å². The lowest BCUT2D eigenvalue weighted by Crippen LogP contribution is -2.35. The van der Waals surface area contributed by atoms with Crippen molar-refractivity contribution in [3.05, 3.63) is 56.3 Å². The van der Waals surface area contributed by atoms with Gasteiger partial charge in [-0.3, -0.25) is 0 Å². The molecule has 0 aromatic heterocycles. The molecule has 1 aliphatic rings. The topological polar surface area (TPSA) is 73.9 Å². The number of methoxy groups -OCH3 is 1. The van der Waals surface area contributed by atoms with Gasteiger partial charge in [0.25, 0.3) is 0 Å². The van der Waals surface area contributed by atoms with Crippen LogP contribution in [0.3, 0.4) is 0 Å². The Morgan fingerprint density at radius 3 is 2.47 bits per heavy atom. The number of alkyl halides is 1. The lowest BCUT2D eigenvalue weighted by atomic mass is 9.80. The molecule has 9 heteroatoms. The summed E-state index contributed by atoms with van der Waals surface area (Å²) >= 11 is 12.6. The van der Waals surface area contributed by atoms with Crippen LogP contribution in [0.15, 0.2) is 40.7 Å². The lowest BCUT2D eigenvalue weighted by Gasteiger charge is -2.31. The highest BCUT2D eigenvalue weighted by Crippen LogP contribution is 2.43. The molecule has 1 aliphatic heterocycles. The first kappa shape index (κ1) is 24.2. The number of halogens is 3. The minimum atomic E-state index is -1.02. The van der Waals surface area contributed by atoms with Gasteiger partial charge in [0.15, 0.2) is 0 Å². The minimum Gasteiger partial charge on any atom is -0.460 e.